The number of carboxylic acid groups (broad SMARTS) is 2. The number of carboxylic acids is 2. The largest absolute Gasteiger partial charge is 0.508 e. The molecule has 35 nitrogen and oxygen atoms in total. The van der Waals surface area contributed by atoms with Crippen LogP contribution in [0, 0.1) is 17.8 Å². The van der Waals surface area contributed by atoms with Crippen molar-refractivity contribution in [2.24, 2.45) is 23.5 Å². The van der Waals surface area contributed by atoms with Crippen LogP contribution in [-0.4, -0.2) is 241 Å². The van der Waals surface area contributed by atoms with Gasteiger partial charge < -0.3 is 105 Å². The van der Waals surface area contributed by atoms with Gasteiger partial charge in [-0.15, -0.1) is 0 Å². The lowest BCUT2D eigenvalue weighted by Crippen LogP contribution is -2.62. The van der Waals surface area contributed by atoms with Crippen molar-refractivity contribution in [3.63, 3.8) is 0 Å². The van der Waals surface area contributed by atoms with Gasteiger partial charge in [-0.1, -0.05) is 114 Å². The normalized spacial score (nSPS) is 16.3. The molecule has 1 fully saturated rings. The van der Waals surface area contributed by atoms with Crippen molar-refractivity contribution in [1.29, 1.82) is 0 Å². The van der Waals surface area contributed by atoms with Gasteiger partial charge in [-0.2, -0.15) is 12.6 Å². The number of amides is 13. The first-order valence-corrected chi connectivity index (χ1v) is 36.1. The van der Waals surface area contributed by atoms with Gasteiger partial charge in [-0.3, -0.25) is 67.1 Å². The van der Waals surface area contributed by atoms with Crippen LogP contribution in [0.15, 0.2) is 84.9 Å². The molecule has 1 saturated heterocycles. The van der Waals surface area contributed by atoms with E-state index in [0.29, 0.717) is 23.1 Å². The van der Waals surface area contributed by atoms with Gasteiger partial charge in [0.25, 0.3) is 0 Å². The lowest BCUT2D eigenvalue weighted by atomic mass is 10.00. The average Bonchev–Trinajstić information content (AvgIpc) is 1.62. The number of nitrogens with one attached hydrogen (secondary N) is 12. The summed E-state index contributed by atoms with van der Waals surface area (Å²) in [7, 11) is 0. The molecule has 4 rings (SSSR count). The molecule has 0 bridgehead atoms. The van der Waals surface area contributed by atoms with Crippen molar-refractivity contribution in [3.8, 4) is 5.75 Å². The molecule has 1 heterocycles. The first-order valence-electron chi connectivity index (χ1n) is 35.4. The Morgan fingerprint density at radius 1 is 0.481 bits per heavy atom. The van der Waals surface area contributed by atoms with Crippen molar-refractivity contribution < 1.29 is 103 Å². The van der Waals surface area contributed by atoms with E-state index in [1.165, 1.54) is 31.2 Å². The molecular weight excluding hydrogens is 1430 g/mol. The molecule has 0 aliphatic carbocycles. The number of aromatic hydroxyl groups is 1. The number of nitrogens with zero attached hydrogens (tertiary/aromatic N) is 1. The van der Waals surface area contributed by atoms with Crippen molar-refractivity contribution in [2.75, 3.05) is 32.0 Å². The fourth-order valence-corrected chi connectivity index (χ4v) is 11.7. The van der Waals surface area contributed by atoms with E-state index in [2.05, 4.69) is 71.1 Å². The van der Waals surface area contributed by atoms with E-state index in [1.807, 2.05) is 19.2 Å². The number of benzene rings is 3. The summed E-state index contributed by atoms with van der Waals surface area (Å²) in [6, 6.07) is 4.27. The topological polar surface area (TPSA) is 551 Å². The number of aliphatic hydroxyl groups is 3. The second kappa shape index (κ2) is 44.7. The van der Waals surface area contributed by atoms with Crippen molar-refractivity contribution in [2.45, 2.75) is 198 Å². The second-order valence-corrected chi connectivity index (χ2v) is 28.0. The zero-order valence-corrected chi connectivity index (χ0v) is 62.5. The van der Waals surface area contributed by atoms with Crippen molar-refractivity contribution in [1.82, 2.24) is 68.7 Å². The average molecular weight is 1530 g/mol. The molecule has 1 aliphatic rings. The maximum absolute atomic E-state index is 14.9. The minimum absolute atomic E-state index is 0.00349. The summed E-state index contributed by atoms with van der Waals surface area (Å²) >= 11 is 4.18. The van der Waals surface area contributed by atoms with Gasteiger partial charge >= 0.3 is 11.9 Å². The highest BCUT2D eigenvalue weighted by Gasteiger charge is 2.42. The minimum Gasteiger partial charge on any atom is -0.508 e. The van der Waals surface area contributed by atoms with Gasteiger partial charge in [-0.25, -0.2) is 4.79 Å². The van der Waals surface area contributed by atoms with E-state index < -0.39 is 212 Å². The number of aliphatic carboxylic acids is 2. The third-order valence-electron chi connectivity index (χ3n) is 17.2. The van der Waals surface area contributed by atoms with Crippen molar-refractivity contribution in [3.05, 3.63) is 102 Å². The number of rotatable bonds is 44. The van der Waals surface area contributed by atoms with E-state index in [0.717, 1.165) is 11.8 Å². The van der Waals surface area contributed by atoms with Crippen LogP contribution in [0.2, 0.25) is 0 Å². The number of carbonyl (C=O) groups excluding carboxylic acids is 13. The number of aliphatic hydroxyl groups excluding tert-OH is 3. The third kappa shape index (κ3) is 30.2. The summed E-state index contributed by atoms with van der Waals surface area (Å²) < 4.78 is 0. The first kappa shape index (κ1) is 90.1. The summed E-state index contributed by atoms with van der Waals surface area (Å²) in [5.41, 5.74) is 7.39. The standard InChI is InChI=1S/C72H104N14O21S/c1-37(2)28-46(73)61(95)83-58(39(5)6)70(104)82-53(36-108)63(97)75-33-55(91)76-47(25-26-57(93)94)64(98)78-48(29-38(3)4)62(96)74-34-56(92)77-49(30-42-16-11-9-12-17-42)65(99)79-50(31-43-18-13-10-14-19-43)66(100)80-51(32-44-21-23-45(90)24-22-44)67(101)84-59(40(7)88)71(105)86-27-15-20-54(86)69(103)81-52(35-87)68(102)85-60(41(8)89)72(106)107/h9-14,16-19,21-24,37-41,46-54,58-60,87-90,108H,15,20,25-36,73H2,1-8H3,(H,74,96)(H,75,97)(H,76,91)(H,77,92)(H,78,98)(H,79,99)(H,80,100)(H,81,103)(H,82,104)(H,83,95)(H,84,101)(H,85,102)(H,93,94)(H,106,107)/t40-,41-,46+,47+,48+,49+,50+,51+,52+,53+,54+,58+,59+,60+/m1/s1. The summed E-state index contributed by atoms with van der Waals surface area (Å²) in [4.78, 5) is 205. The summed E-state index contributed by atoms with van der Waals surface area (Å²) in [5.74, 6) is -16.3. The highest BCUT2D eigenvalue weighted by Crippen LogP contribution is 2.21. The molecule has 36 heteroatoms. The first-order chi connectivity index (χ1) is 50.9. The van der Waals surface area contributed by atoms with Crippen LogP contribution in [-0.2, 0) is 91.2 Å². The summed E-state index contributed by atoms with van der Waals surface area (Å²) in [5, 5.41) is 89.7. The molecule has 13 amide bonds. The van der Waals surface area contributed by atoms with Gasteiger partial charge in [-0.05, 0) is 92.5 Å². The van der Waals surface area contributed by atoms with E-state index in [-0.39, 0.29) is 68.4 Å². The fraction of sp³-hybridized carbons (Fsp3) is 0.542. The second-order valence-electron chi connectivity index (χ2n) is 27.6. The molecular formula is C72H104N14O21S. The van der Waals surface area contributed by atoms with Crippen LogP contribution in [0.3, 0.4) is 0 Å². The molecule has 20 N–H and O–H groups in total. The number of phenols is 1. The van der Waals surface area contributed by atoms with Crippen LogP contribution in [0.25, 0.3) is 0 Å². The Balaban J connectivity index is 1.55. The van der Waals surface area contributed by atoms with E-state index >= 15 is 0 Å². The number of thiol groups is 1. The van der Waals surface area contributed by atoms with Gasteiger partial charge in [0.2, 0.25) is 76.8 Å². The lowest BCUT2D eigenvalue weighted by Gasteiger charge is -2.32. The molecule has 0 saturated carbocycles. The number of hydrogen-bond acceptors (Lipinski definition) is 21. The highest BCUT2D eigenvalue weighted by atomic mass is 32.1. The molecule has 3 aromatic carbocycles. The zero-order chi connectivity index (χ0) is 80.6. The molecule has 3 aromatic rings. The Morgan fingerprint density at radius 3 is 1.37 bits per heavy atom. The maximum Gasteiger partial charge on any atom is 0.328 e. The summed E-state index contributed by atoms with van der Waals surface area (Å²) in [6.45, 7) is 10.0. The van der Waals surface area contributed by atoms with E-state index in [9.17, 15) is 103 Å². The quantitative estimate of drug-likeness (QED) is 0.0241. The third-order valence-corrected chi connectivity index (χ3v) is 17.6. The van der Waals surface area contributed by atoms with Gasteiger partial charge in [0.05, 0.1) is 37.9 Å². The lowest BCUT2D eigenvalue weighted by molar-refractivity contribution is -0.146. The monoisotopic (exact) mass is 1530 g/mol. The fourth-order valence-electron chi connectivity index (χ4n) is 11.4. The van der Waals surface area contributed by atoms with Gasteiger partial charge in [0, 0.05) is 38.0 Å². The molecule has 594 valence electrons. The van der Waals surface area contributed by atoms with Gasteiger partial charge in [0.15, 0.2) is 6.04 Å². The number of phenolic OH excluding ortho intramolecular Hbond substituents is 1. The zero-order valence-electron chi connectivity index (χ0n) is 61.6. The van der Waals surface area contributed by atoms with Crippen LogP contribution in [0.4, 0.5) is 0 Å². The Hall–Kier alpha value is -10.3. The molecule has 0 spiro atoms. The molecule has 0 unspecified atom stereocenters. The minimum atomic E-state index is -1.81. The van der Waals surface area contributed by atoms with Crippen LogP contribution < -0.4 is 69.5 Å². The number of nitrogens with two attached hydrogens (primary N) is 1. The Morgan fingerprint density at radius 2 is 0.907 bits per heavy atom. The number of carbonyl (C=O) groups is 15. The van der Waals surface area contributed by atoms with Crippen molar-refractivity contribution >= 4 is 101 Å². The van der Waals surface area contributed by atoms with E-state index in [1.54, 1.807) is 88.4 Å². The smallest absolute Gasteiger partial charge is 0.328 e. The predicted octanol–water partition coefficient (Wildman–Crippen LogP) is -3.80. The van der Waals surface area contributed by atoms with Crippen LogP contribution in [0.5, 0.6) is 5.75 Å². The molecule has 1 aliphatic heterocycles. The Bertz CT molecular complexity index is 3570. The molecule has 0 aromatic heterocycles. The molecule has 108 heavy (non-hydrogen) atoms. The highest BCUT2D eigenvalue weighted by molar-refractivity contribution is 7.80. The number of likely N-dealkylation sites (tertiary alicyclic amines) is 1. The maximum atomic E-state index is 14.9. The predicted molar refractivity (Wildman–Crippen MR) is 393 cm³/mol. The summed E-state index contributed by atoms with van der Waals surface area (Å²) in [6.07, 6.45) is -4.72. The van der Waals surface area contributed by atoms with Crippen LogP contribution in [0.1, 0.15) is 111 Å². The SMILES string of the molecule is CC(C)C[C@H](NC(=O)[C@H](CCC(=O)O)NC(=O)CNC(=O)[C@H](CS)NC(=O)[C@@H](NC(=O)[C@@H](N)CC(C)C)C(C)C)C(=O)NCC(=O)N[C@@H](Cc1ccccc1)C(=O)N[C@@H](Cc1ccccc1)C(=O)N[C@@H](Cc1ccc(O)cc1)C(=O)N[C@H](C(=O)N1CCC[C@H]1C(=O)N[C@@H](CO)C(=O)N[C@H](C(=O)O)[C@@H](C)O)[C@@H](C)O. The van der Waals surface area contributed by atoms with Gasteiger partial charge in [0.1, 0.15) is 66.2 Å². The Labute approximate surface area is 630 Å². The van der Waals surface area contributed by atoms with Crippen LogP contribution >= 0.6 is 12.6 Å². The van der Waals surface area contributed by atoms with E-state index in [4.69, 9.17) is 5.73 Å². The Kier molecular flexibility index (Phi) is 37.3. The molecule has 14 atom stereocenters. The number of hydrogen-bond donors (Lipinski definition) is 20. The molecule has 0 radical (unpaired) electrons.